The topological polar surface area (TPSA) is 0 Å². The molecule has 0 aliphatic carbocycles. The van der Waals surface area contributed by atoms with Gasteiger partial charge in [0.25, 0.3) is 0 Å². The van der Waals surface area contributed by atoms with Gasteiger partial charge in [-0.05, 0) is 76.1 Å². The summed E-state index contributed by atoms with van der Waals surface area (Å²) in [7, 11) is 0. The van der Waals surface area contributed by atoms with Crippen LogP contribution in [0.4, 0.5) is 0 Å². The van der Waals surface area contributed by atoms with Gasteiger partial charge in [-0.1, -0.05) is 142 Å². The lowest BCUT2D eigenvalue weighted by Crippen LogP contribution is -1.91. The van der Waals surface area contributed by atoms with Crippen LogP contribution in [0.3, 0.4) is 0 Å². The van der Waals surface area contributed by atoms with Crippen molar-refractivity contribution in [2.45, 2.75) is 74.7 Å². The SMILES string of the molecule is C/C=C\C=C/CC.C=C/C=C(C)\C=C/C/C(C)=C/C=C(\C=C)Cc1ccc(C)c(/C=C\C)c1.CC. The molecule has 0 aromatic heterocycles. The van der Waals surface area contributed by atoms with Crippen molar-refractivity contribution in [1.29, 1.82) is 0 Å². The van der Waals surface area contributed by atoms with Gasteiger partial charge in [-0.2, -0.15) is 0 Å². The van der Waals surface area contributed by atoms with Crippen molar-refractivity contribution in [3.63, 3.8) is 0 Å². The number of rotatable bonds is 11. The Morgan fingerprint density at radius 1 is 0.914 bits per heavy atom. The Morgan fingerprint density at radius 2 is 1.63 bits per heavy atom. The summed E-state index contributed by atoms with van der Waals surface area (Å²) in [6.45, 7) is 24.3. The summed E-state index contributed by atoms with van der Waals surface area (Å²) in [4.78, 5) is 0. The van der Waals surface area contributed by atoms with Crippen molar-refractivity contribution in [2.24, 2.45) is 0 Å². The van der Waals surface area contributed by atoms with Gasteiger partial charge in [0, 0.05) is 0 Å². The van der Waals surface area contributed by atoms with Crippen molar-refractivity contribution < 1.29 is 0 Å². The van der Waals surface area contributed by atoms with Gasteiger partial charge < -0.3 is 0 Å². The van der Waals surface area contributed by atoms with Crippen LogP contribution in [-0.4, -0.2) is 0 Å². The molecule has 1 aromatic rings. The van der Waals surface area contributed by atoms with E-state index in [-0.39, 0.29) is 0 Å². The van der Waals surface area contributed by atoms with E-state index in [1.54, 1.807) is 0 Å². The Balaban J connectivity index is 0. The van der Waals surface area contributed by atoms with Gasteiger partial charge in [0.1, 0.15) is 0 Å². The second-order valence-corrected chi connectivity index (χ2v) is 7.94. The minimum atomic E-state index is 0.898. The third-order valence-electron chi connectivity index (χ3n) is 4.82. The summed E-state index contributed by atoms with van der Waals surface area (Å²) in [5.41, 5.74) is 7.67. The van der Waals surface area contributed by atoms with E-state index in [2.05, 4.69) is 115 Å². The molecule has 0 heterocycles. The van der Waals surface area contributed by atoms with Gasteiger partial charge in [-0.25, -0.2) is 0 Å². The van der Waals surface area contributed by atoms with Gasteiger partial charge in [-0.3, -0.25) is 0 Å². The lowest BCUT2D eigenvalue weighted by Gasteiger charge is -2.07. The molecule has 0 aliphatic heterocycles. The molecule has 0 aliphatic rings. The highest BCUT2D eigenvalue weighted by molar-refractivity contribution is 5.55. The molecule has 0 atom stereocenters. The first-order chi connectivity index (χ1) is 16.9. The van der Waals surface area contributed by atoms with E-state index < -0.39 is 0 Å². The van der Waals surface area contributed by atoms with Gasteiger partial charge in [0.05, 0.1) is 0 Å². The van der Waals surface area contributed by atoms with Crippen LogP contribution < -0.4 is 0 Å². The molecule has 0 N–H and O–H groups in total. The Hall–Kier alpha value is -3.12. The summed E-state index contributed by atoms with van der Waals surface area (Å²) in [5.74, 6) is 0. The molecule has 0 amide bonds. The summed E-state index contributed by atoms with van der Waals surface area (Å²) < 4.78 is 0. The number of aryl methyl sites for hydroxylation is 1. The van der Waals surface area contributed by atoms with E-state index in [0.29, 0.717) is 0 Å². The lowest BCUT2D eigenvalue weighted by atomic mass is 9.99. The quantitative estimate of drug-likeness (QED) is 0.282. The molecule has 0 saturated carbocycles. The molecular formula is C35H50. The number of hydrogen-bond acceptors (Lipinski definition) is 0. The Bertz CT molecular complexity index is 921. The van der Waals surface area contributed by atoms with Crippen LogP contribution in [0, 0.1) is 6.92 Å². The second-order valence-electron chi connectivity index (χ2n) is 7.94. The van der Waals surface area contributed by atoms with Crippen LogP contribution in [0.25, 0.3) is 6.08 Å². The smallest absolute Gasteiger partial charge is 0.00258 e. The minimum absolute atomic E-state index is 0.898. The number of allylic oxidation sites excluding steroid dienone is 15. The average molecular weight is 471 g/mol. The Morgan fingerprint density at radius 3 is 2.20 bits per heavy atom. The minimum Gasteiger partial charge on any atom is -0.0991 e. The highest BCUT2D eigenvalue weighted by Gasteiger charge is 2.00. The highest BCUT2D eigenvalue weighted by atomic mass is 14.0. The zero-order valence-electron chi connectivity index (χ0n) is 23.8. The lowest BCUT2D eigenvalue weighted by molar-refractivity contribution is 1.17. The Kier molecular flexibility index (Phi) is 23.4. The maximum Gasteiger partial charge on any atom is -0.00258 e. The monoisotopic (exact) mass is 470 g/mol. The standard InChI is InChI=1S/C26H32.C7H12.C2H6/c1-7-11-21(4)13-10-14-22(5)15-17-24(9-3)19-25-18-16-23(6)26(20-25)12-8-2;1-3-5-7-6-4-2;1-2/h7-13,15-18,20H,1,3,14,19H2,2,4-6H3;3,5-7H,4H2,1-2H3;1-2H3/b12-8-,13-10-,21-11-,22-15+,24-17+;5-3-,7-6-;. The zero-order valence-corrected chi connectivity index (χ0v) is 23.8. The predicted molar refractivity (Wildman–Crippen MR) is 165 cm³/mol. The van der Waals surface area contributed by atoms with Crippen molar-refractivity contribution in [3.8, 4) is 0 Å². The average Bonchev–Trinajstić information content (AvgIpc) is 2.86. The first-order valence-electron chi connectivity index (χ1n) is 12.9. The Labute approximate surface area is 218 Å². The molecule has 0 bridgehead atoms. The third kappa shape index (κ3) is 18.9. The first-order valence-corrected chi connectivity index (χ1v) is 12.9. The fourth-order valence-corrected chi connectivity index (χ4v) is 2.91. The van der Waals surface area contributed by atoms with E-state index >= 15 is 0 Å². The molecule has 0 spiro atoms. The maximum absolute atomic E-state index is 3.97. The van der Waals surface area contributed by atoms with E-state index in [9.17, 15) is 0 Å². The molecule has 1 rings (SSSR count). The molecule has 0 nitrogen and oxygen atoms in total. The fraction of sp³-hybridized carbons (Fsp3) is 0.314. The van der Waals surface area contributed by atoms with Crippen molar-refractivity contribution in [3.05, 3.63) is 138 Å². The van der Waals surface area contributed by atoms with Gasteiger partial charge in [0.15, 0.2) is 0 Å². The zero-order chi connectivity index (χ0) is 26.9. The summed E-state index contributed by atoms with van der Waals surface area (Å²) >= 11 is 0. The van der Waals surface area contributed by atoms with Crippen LogP contribution in [0.15, 0.2) is 121 Å². The third-order valence-corrected chi connectivity index (χ3v) is 4.82. The molecule has 0 fully saturated rings. The first kappa shape index (κ1) is 34.0. The predicted octanol–water partition coefficient (Wildman–Crippen LogP) is 11.3. The van der Waals surface area contributed by atoms with Crippen LogP contribution in [0.1, 0.15) is 78.0 Å². The van der Waals surface area contributed by atoms with Crippen LogP contribution in [-0.2, 0) is 6.42 Å². The van der Waals surface area contributed by atoms with Crippen molar-refractivity contribution >= 4 is 6.08 Å². The van der Waals surface area contributed by atoms with Crippen LogP contribution in [0.2, 0.25) is 0 Å². The van der Waals surface area contributed by atoms with Crippen molar-refractivity contribution in [1.82, 2.24) is 0 Å². The fourth-order valence-electron chi connectivity index (χ4n) is 2.91. The maximum atomic E-state index is 3.97. The highest BCUT2D eigenvalue weighted by Crippen LogP contribution is 2.17. The van der Waals surface area contributed by atoms with E-state index in [0.717, 1.165) is 19.3 Å². The van der Waals surface area contributed by atoms with E-state index in [1.165, 1.54) is 33.4 Å². The molecule has 190 valence electrons. The van der Waals surface area contributed by atoms with Crippen LogP contribution in [0.5, 0.6) is 0 Å². The molecule has 0 unspecified atom stereocenters. The molecular weight excluding hydrogens is 420 g/mol. The summed E-state index contributed by atoms with van der Waals surface area (Å²) in [6, 6.07) is 6.66. The van der Waals surface area contributed by atoms with Crippen molar-refractivity contribution in [2.75, 3.05) is 0 Å². The molecule has 0 saturated heterocycles. The number of hydrogen-bond donors (Lipinski definition) is 0. The molecule has 1 aromatic carbocycles. The van der Waals surface area contributed by atoms with Crippen LogP contribution >= 0.6 is 0 Å². The molecule has 0 radical (unpaired) electrons. The summed E-state index contributed by atoms with van der Waals surface area (Å²) in [6.07, 6.45) is 29.9. The normalized spacial score (nSPS) is 12.6. The van der Waals surface area contributed by atoms with Gasteiger partial charge in [-0.15, -0.1) is 0 Å². The summed E-state index contributed by atoms with van der Waals surface area (Å²) in [5, 5.41) is 0. The van der Waals surface area contributed by atoms with E-state index in [1.807, 2.05) is 51.2 Å². The molecule has 35 heavy (non-hydrogen) atoms. The second kappa shape index (κ2) is 24.0. The van der Waals surface area contributed by atoms with E-state index in [4.69, 9.17) is 0 Å². The largest absolute Gasteiger partial charge is 0.0991 e. The molecule has 0 heteroatoms. The van der Waals surface area contributed by atoms with Gasteiger partial charge in [0.2, 0.25) is 0 Å². The number of benzene rings is 1. The van der Waals surface area contributed by atoms with Gasteiger partial charge >= 0.3 is 0 Å².